The van der Waals surface area contributed by atoms with Gasteiger partial charge < -0.3 is 9.90 Å². The van der Waals surface area contributed by atoms with Crippen LogP contribution < -0.4 is 39.4 Å². The van der Waals surface area contributed by atoms with Crippen molar-refractivity contribution in [1.29, 1.82) is 0 Å². The van der Waals surface area contributed by atoms with E-state index in [1.807, 2.05) is 12.2 Å². The van der Waals surface area contributed by atoms with Gasteiger partial charge in [-0.15, -0.1) is 0 Å². The van der Waals surface area contributed by atoms with E-state index in [0.717, 1.165) is 32.1 Å². The molecule has 0 aliphatic heterocycles. The molecule has 0 heterocycles. The molecule has 8 heteroatoms. The zero-order valence-electron chi connectivity index (χ0n) is 15.7. The van der Waals surface area contributed by atoms with Crippen molar-refractivity contribution in [2.24, 2.45) is 5.41 Å². The summed E-state index contributed by atoms with van der Waals surface area (Å²) in [5, 5.41) is 11.0. The summed E-state index contributed by atoms with van der Waals surface area (Å²) in [6.45, 7) is 0.378. The number of hydrogen-bond acceptors (Lipinski definition) is 4. The third kappa shape index (κ3) is 8.26. The fourth-order valence-corrected chi connectivity index (χ4v) is 4.64. The summed E-state index contributed by atoms with van der Waals surface area (Å²) in [5.74, 6) is -1.06. The van der Waals surface area contributed by atoms with Gasteiger partial charge in [0.15, 0.2) is 0 Å². The van der Waals surface area contributed by atoms with Crippen molar-refractivity contribution in [2.45, 2.75) is 56.3 Å². The summed E-state index contributed by atoms with van der Waals surface area (Å²) in [5.41, 5.74) is -0.115. The van der Waals surface area contributed by atoms with Crippen LogP contribution in [0, 0.1) is 5.41 Å². The first-order valence-corrected chi connectivity index (χ1v) is 10.8. The molecule has 144 valence electrons. The number of halogens is 1. The van der Waals surface area contributed by atoms with Gasteiger partial charge in [0.1, 0.15) is 0 Å². The standard InChI is InChI=1S/C19H26ClNO4S.Na/c20-16-8-10-17(11-9-16)26(24,25)21-15-19(13-5-2-6-14-19)12-4-1-3-7-18(22)23;/h1,4,8-11,21H,2-3,5-7,12-15H2,(H,22,23);/q;+1/p-1/b4-1-;. The number of aliphatic carboxylic acids is 1. The molecule has 0 amide bonds. The first-order chi connectivity index (χ1) is 12.3. The molecular weight excluding hydrogens is 397 g/mol. The SMILES string of the molecule is O=C([O-])CC/C=C\CC1(CNS(=O)(=O)c2ccc(Cl)cc2)CCCCC1.[Na+]. The Morgan fingerprint density at radius 1 is 1.15 bits per heavy atom. The van der Waals surface area contributed by atoms with Crippen LogP contribution in [-0.2, 0) is 14.8 Å². The van der Waals surface area contributed by atoms with Crippen LogP contribution in [0.2, 0.25) is 5.02 Å². The van der Waals surface area contributed by atoms with E-state index in [9.17, 15) is 18.3 Å². The monoisotopic (exact) mass is 421 g/mol. The second-order valence-corrected chi connectivity index (χ2v) is 9.13. The van der Waals surface area contributed by atoms with Gasteiger partial charge in [-0.05, 0) is 61.8 Å². The normalized spacial score (nSPS) is 16.8. The molecule has 1 aliphatic carbocycles. The van der Waals surface area contributed by atoms with Crippen LogP contribution in [0.4, 0.5) is 0 Å². The van der Waals surface area contributed by atoms with Gasteiger partial charge in [-0.2, -0.15) is 0 Å². The number of carbonyl (C=O) groups is 1. The molecule has 0 saturated heterocycles. The Labute approximate surface area is 188 Å². The van der Waals surface area contributed by atoms with Gasteiger partial charge in [-0.25, -0.2) is 13.1 Å². The topological polar surface area (TPSA) is 86.3 Å². The molecule has 0 aromatic heterocycles. The molecule has 2 rings (SSSR count). The molecular formula is C19H25ClNNaO4S. The molecule has 0 spiro atoms. The molecule has 0 bridgehead atoms. The van der Waals surface area contributed by atoms with Gasteiger partial charge in [0, 0.05) is 17.5 Å². The predicted octanol–water partition coefficient (Wildman–Crippen LogP) is 0.0492. The summed E-state index contributed by atoms with van der Waals surface area (Å²) in [7, 11) is -3.58. The number of allylic oxidation sites excluding steroid dienone is 2. The van der Waals surface area contributed by atoms with Gasteiger partial charge in [0.2, 0.25) is 10.0 Å². The van der Waals surface area contributed by atoms with E-state index in [4.69, 9.17) is 11.6 Å². The zero-order valence-corrected chi connectivity index (χ0v) is 19.3. The third-order valence-corrected chi connectivity index (χ3v) is 6.58. The Morgan fingerprint density at radius 3 is 2.37 bits per heavy atom. The largest absolute Gasteiger partial charge is 1.00 e. The van der Waals surface area contributed by atoms with Crippen molar-refractivity contribution in [3.8, 4) is 0 Å². The maximum absolute atomic E-state index is 12.5. The Morgan fingerprint density at radius 2 is 1.78 bits per heavy atom. The van der Waals surface area contributed by atoms with E-state index in [0.29, 0.717) is 18.0 Å². The number of sulfonamides is 1. The Hall–Kier alpha value is -0.370. The smallest absolute Gasteiger partial charge is 0.550 e. The third-order valence-electron chi connectivity index (χ3n) is 4.91. The van der Waals surface area contributed by atoms with Gasteiger partial charge >= 0.3 is 29.6 Å². The van der Waals surface area contributed by atoms with Gasteiger partial charge in [-0.3, -0.25) is 0 Å². The molecule has 1 saturated carbocycles. The van der Waals surface area contributed by atoms with E-state index in [2.05, 4.69) is 4.72 Å². The fraction of sp³-hybridized carbons (Fsp3) is 0.526. The van der Waals surface area contributed by atoms with Crippen molar-refractivity contribution < 1.29 is 47.9 Å². The first kappa shape index (κ1) is 24.7. The molecule has 1 N–H and O–H groups in total. The number of carboxylic acids is 1. The second-order valence-electron chi connectivity index (χ2n) is 6.93. The van der Waals surface area contributed by atoms with Gasteiger partial charge in [0.25, 0.3) is 0 Å². The molecule has 1 aromatic carbocycles. The van der Waals surface area contributed by atoms with Crippen LogP contribution in [0.15, 0.2) is 41.3 Å². The van der Waals surface area contributed by atoms with Gasteiger partial charge in [0.05, 0.1) is 4.90 Å². The minimum absolute atomic E-state index is 0. The van der Waals surface area contributed by atoms with Crippen molar-refractivity contribution >= 4 is 27.6 Å². The van der Waals surface area contributed by atoms with Crippen LogP contribution in [0.1, 0.15) is 51.4 Å². The molecule has 0 radical (unpaired) electrons. The van der Waals surface area contributed by atoms with Crippen molar-refractivity contribution in [1.82, 2.24) is 4.72 Å². The van der Waals surface area contributed by atoms with Crippen molar-refractivity contribution in [3.05, 3.63) is 41.4 Å². The van der Waals surface area contributed by atoms with Crippen molar-refractivity contribution in [2.75, 3.05) is 6.54 Å². The Bertz CT molecular complexity index is 729. The average Bonchev–Trinajstić information content (AvgIpc) is 2.61. The number of nitrogens with one attached hydrogen (secondary N) is 1. The average molecular weight is 422 g/mol. The van der Waals surface area contributed by atoms with E-state index in [-0.39, 0.29) is 46.3 Å². The summed E-state index contributed by atoms with van der Waals surface area (Å²) in [6.07, 6.45) is 10.3. The number of benzene rings is 1. The maximum atomic E-state index is 12.5. The molecule has 5 nitrogen and oxygen atoms in total. The van der Waals surface area contributed by atoms with E-state index in [1.54, 1.807) is 12.1 Å². The molecule has 0 atom stereocenters. The van der Waals surface area contributed by atoms with Crippen molar-refractivity contribution in [3.63, 3.8) is 0 Å². The summed E-state index contributed by atoms with van der Waals surface area (Å²) in [4.78, 5) is 10.7. The molecule has 1 aliphatic rings. The maximum Gasteiger partial charge on any atom is 1.00 e. The number of carboxylic acid groups (broad SMARTS) is 1. The summed E-state index contributed by atoms with van der Waals surface area (Å²) < 4.78 is 27.8. The summed E-state index contributed by atoms with van der Waals surface area (Å²) in [6, 6.07) is 6.12. The molecule has 0 unspecified atom stereocenters. The predicted molar refractivity (Wildman–Crippen MR) is 100 cm³/mol. The number of rotatable bonds is 9. The quantitative estimate of drug-likeness (QED) is 0.451. The van der Waals surface area contributed by atoms with Crippen LogP contribution in [-0.4, -0.2) is 20.9 Å². The fourth-order valence-electron chi connectivity index (χ4n) is 3.35. The first-order valence-electron chi connectivity index (χ1n) is 8.93. The second kappa shape index (κ2) is 11.6. The van der Waals surface area contributed by atoms with E-state index < -0.39 is 16.0 Å². The van der Waals surface area contributed by atoms with Crippen LogP contribution >= 0.6 is 11.6 Å². The van der Waals surface area contributed by atoms with E-state index in [1.165, 1.54) is 18.6 Å². The van der Waals surface area contributed by atoms with E-state index >= 15 is 0 Å². The minimum atomic E-state index is -3.58. The molecule has 1 fully saturated rings. The number of hydrogen-bond donors (Lipinski definition) is 1. The van der Waals surface area contributed by atoms with Crippen LogP contribution in [0.3, 0.4) is 0 Å². The Balaban J connectivity index is 0.00000364. The molecule has 1 aromatic rings. The Kier molecular flexibility index (Phi) is 10.6. The van der Waals surface area contributed by atoms with Crippen LogP contribution in [0.25, 0.3) is 0 Å². The molecule has 27 heavy (non-hydrogen) atoms. The zero-order chi connectivity index (χ0) is 19.0. The van der Waals surface area contributed by atoms with Crippen LogP contribution in [0.5, 0.6) is 0 Å². The van der Waals surface area contributed by atoms with Gasteiger partial charge in [-0.1, -0.05) is 43.0 Å². The minimum Gasteiger partial charge on any atom is -0.550 e. The number of carbonyl (C=O) groups excluding carboxylic acids is 1. The summed E-state index contributed by atoms with van der Waals surface area (Å²) >= 11 is 5.82.